The maximum absolute atomic E-state index is 14.1. The summed E-state index contributed by atoms with van der Waals surface area (Å²) in [6.45, 7) is 0.520. The predicted molar refractivity (Wildman–Crippen MR) is 133 cm³/mol. The molecule has 2 atom stereocenters. The van der Waals surface area contributed by atoms with Crippen LogP contribution in [0.2, 0.25) is 0 Å². The number of alkyl halides is 1. The van der Waals surface area contributed by atoms with Crippen LogP contribution in [0.25, 0.3) is 4.72 Å². The molecule has 36 heavy (non-hydrogen) atoms. The van der Waals surface area contributed by atoms with E-state index >= 15 is 0 Å². The number of amides is 2. The molecule has 1 aliphatic heterocycles. The Kier molecular flexibility index (Phi) is 8.35. The fraction of sp³-hybridized carbons (Fsp3) is 0.583. The number of nitrogens with one attached hydrogen (secondary N) is 1. The molecule has 2 aliphatic carbocycles. The molecule has 5 rings (SSSR count). The molecule has 2 amide bonds. The minimum Gasteiger partial charge on any atom is -0.423 e. The summed E-state index contributed by atoms with van der Waals surface area (Å²) in [6.07, 6.45) is 8.34. The zero-order valence-electron chi connectivity index (χ0n) is 21.2. The van der Waals surface area contributed by atoms with Gasteiger partial charge in [-0.2, -0.15) is 5.10 Å². The van der Waals surface area contributed by atoms with E-state index in [9.17, 15) is 17.6 Å². The number of fused-ring (bicyclic) bond motifs is 2. The zero-order chi connectivity index (χ0) is 24.7. The number of piperidine rings is 1. The summed E-state index contributed by atoms with van der Waals surface area (Å²) in [6, 6.07) is 0.998. The number of aromatic nitrogens is 2. The normalized spacial score (nSPS) is 21.4. The molecule has 12 heteroatoms. The molecule has 1 saturated heterocycles. The third-order valence-corrected chi connectivity index (χ3v) is 8.80. The van der Waals surface area contributed by atoms with Gasteiger partial charge in [0.05, 0.1) is 11.9 Å². The molecule has 1 aromatic heterocycles. The Bertz CT molecular complexity index is 1200. The van der Waals surface area contributed by atoms with Crippen LogP contribution in [0.15, 0.2) is 18.5 Å². The molecule has 2 unspecified atom stereocenters. The number of nitrogens with zero attached hydrogens (tertiary/aromatic N) is 5. The number of benzene rings is 1. The van der Waals surface area contributed by atoms with E-state index in [2.05, 4.69) is 21.2 Å². The van der Waals surface area contributed by atoms with Gasteiger partial charge in [-0.25, -0.2) is 12.8 Å². The first kappa shape index (κ1) is 27.4. The van der Waals surface area contributed by atoms with Crippen LogP contribution in [-0.2, 0) is 42.9 Å². The quantitative estimate of drug-likeness (QED) is 0.553. The van der Waals surface area contributed by atoms with Gasteiger partial charge in [-0.15, -0.1) is 0 Å². The van der Waals surface area contributed by atoms with E-state index in [4.69, 9.17) is 0 Å². The van der Waals surface area contributed by atoms with E-state index in [1.165, 1.54) is 22.0 Å². The van der Waals surface area contributed by atoms with E-state index in [-0.39, 0.29) is 48.6 Å². The molecule has 1 aromatic carbocycles. The van der Waals surface area contributed by atoms with Gasteiger partial charge in [-0.3, -0.25) is 13.8 Å². The second-order valence-electron chi connectivity index (χ2n) is 9.89. The molecular formula is C24H32FN6NaO3S. The molecule has 9 nitrogen and oxygen atoms in total. The van der Waals surface area contributed by atoms with Crippen molar-refractivity contribution in [1.82, 2.24) is 14.7 Å². The number of urea groups is 1. The van der Waals surface area contributed by atoms with E-state index in [0.717, 1.165) is 59.6 Å². The molecular weight excluding hydrogens is 494 g/mol. The fourth-order valence-corrected chi connectivity index (χ4v) is 6.72. The minimum absolute atomic E-state index is 0. The van der Waals surface area contributed by atoms with Crippen LogP contribution in [0.5, 0.6) is 0 Å². The van der Waals surface area contributed by atoms with Crippen LogP contribution >= 0.6 is 0 Å². The number of carbonyl (C=O) groups is 1. The van der Waals surface area contributed by atoms with Gasteiger partial charge in [-0.1, -0.05) is 6.07 Å². The number of rotatable bonds is 6. The van der Waals surface area contributed by atoms with E-state index in [1.54, 1.807) is 13.2 Å². The number of anilines is 2. The number of carbonyl (C=O) groups excluding carboxylic acids is 1. The van der Waals surface area contributed by atoms with Crippen LogP contribution in [0.1, 0.15) is 47.9 Å². The predicted octanol–water partition coefficient (Wildman–Crippen LogP) is 0.491. The Morgan fingerprint density at radius 3 is 2.47 bits per heavy atom. The third kappa shape index (κ3) is 5.60. The summed E-state index contributed by atoms with van der Waals surface area (Å²) >= 11 is 0. The first-order chi connectivity index (χ1) is 16.7. The first-order valence-corrected chi connectivity index (χ1v) is 13.7. The largest absolute Gasteiger partial charge is 1.00 e. The van der Waals surface area contributed by atoms with Crippen molar-refractivity contribution in [3.8, 4) is 0 Å². The van der Waals surface area contributed by atoms with Crippen molar-refractivity contribution in [2.24, 2.45) is 7.05 Å². The van der Waals surface area contributed by atoms with Crippen molar-refractivity contribution in [1.29, 1.82) is 0 Å². The van der Waals surface area contributed by atoms with Gasteiger partial charge in [0.2, 0.25) is 0 Å². The summed E-state index contributed by atoms with van der Waals surface area (Å²) in [5.41, 5.74) is 5.72. The molecule has 2 heterocycles. The van der Waals surface area contributed by atoms with Gasteiger partial charge in [0.1, 0.15) is 6.17 Å². The van der Waals surface area contributed by atoms with Gasteiger partial charge < -0.3 is 14.9 Å². The maximum atomic E-state index is 14.1. The SMILES string of the molecule is CN1CCC(F)CC1CN(c1cnn(C)c1)S(=O)(=O)[N-]C(=O)Nc1c2c(cc3c1CCC3)CCC2.[Na+]. The van der Waals surface area contributed by atoms with E-state index in [0.29, 0.717) is 18.7 Å². The summed E-state index contributed by atoms with van der Waals surface area (Å²) in [7, 11) is -0.874. The third-order valence-electron chi connectivity index (χ3n) is 7.48. The molecule has 190 valence electrons. The van der Waals surface area contributed by atoms with Crippen LogP contribution in [0.3, 0.4) is 0 Å². The molecule has 0 radical (unpaired) electrons. The topological polar surface area (TPSA) is 102 Å². The summed E-state index contributed by atoms with van der Waals surface area (Å²) in [5, 5.41) is 6.91. The van der Waals surface area contributed by atoms with Crippen molar-refractivity contribution in [2.75, 3.05) is 29.8 Å². The Labute approximate surface area is 234 Å². The van der Waals surface area contributed by atoms with Gasteiger partial charge in [0.25, 0.3) is 10.2 Å². The summed E-state index contributed by atoms with van der Waals surface area (Å²) in [5.74, 6) is 0. The average Bonchev–Trinajstić information content (AvgIpc) is 3.54. The second-order valence-corrected chi connectivity index (χ2v) is 11.4. The number of hydrogen-bond donors (Lipinski definition) is 1. The van der Waals surface area contributed by atoms with E-state index in [1.807, 2.05) is 11.9 Å². The smallest absolute Gasteiger partial charge is 0.423 e. The summed E-state index contributed by atoms with van der Waals surface area (Å²) < 4.78 is 47.2. The molecule has 1 fully saturated rings. The number of likely N-dealkylation sites (N-methyl/N-ethyl adjacent to an activating group) is 1. The van der Waals surface area contributed by atoms with Crippen molar-refractivity contribution < 1.29 is 47.2 Å². The Balaban J connectivity index is 0.00000304. The van der Waals surface area contributed by atoms with Crippen molar-refractivity contribution in [2.45, 2.75) is 63.6 Å². The minimum atomic E-state index is -4.41. The molecule has 0 spiro atoms. The Morgan fingerprint density at radius 2 is 1.86 bits per heavy atom. The van der Waals surface area contributed by atoms with Crippen LogP contribution in [0, 0.1) is 0 Å². The van der Waals surface area contributed by atoms with E-state index < -0.39 is 22.4 Å². The monoisotopic (exact) mass is 526 g/mol. The van der Waals surface area contributed by atoms with Gasteiger partial charge >= 0.3 is 29.6 Å². The number of likely N-dealkylation sites (tertiary alicyclic amines) is 1. The first-order valence-electron chi connectivity index (χ1n) is 12.3. The number of halogens is 1. The van der Waals surface area contributed by atoms with Gasteiger partial charge in [0, 0.05) is 32.4 Å². The van der Waals surface area contributed by atoms with Gasteiger partial charge in [0.15, 0.2) is 6.03 Å². The molecule has 0 saturated carbocycles. The molecule has 1 N–H and O–H groups in total. The Morgan fingerprint density at radius 1 is 1.19 bits per heavy atom. The summed E-state index contributed by atoms with van der Waals surface area (Å²) in [4.78, 5) is 15.0. The number of hydrogen-bond acceptors (Lipinski definition) is 5. The van der Waals surface area contributed by atoms with Crippen molar-refractivity contribution >= 4 is 27.6 Å². The average molecular weight is 527 g/mol. The van der Waals surface area contributed by atoms with Crippen molar-refractivity contribution in [3.63, 3.8) is 0 Å². The standard InChI is InChI=1S/C24H33FN6O3S.Na/c1-29-10-9-18(25)12-19(29)15-31(20-13-26-30(2)14-20)35(33,34)28-24(32)27-23-21-7-3-5-16(21)11-17-6-4-8-22(17)23;/h11,13-14,18-19H,3-10,12,15H2,1-2H3,(H2,27,28,32);/q;+1/p-1. The van der Waals surface area contributed by atoms with Gasteiger partial charge in [-0.05, 0) is 86.4 Å². The Hall–Kier alpha value is -1.66. The molecule has 3 aliphatic rings. The van der Waals surface area contributed by atoms with Crippen LogP contribution in [-0.4, -0.2) is 61.5 Å². The second kappa shape index (κ2) is 11.0. The van der Waals surface area contributed by atoms with Crippen LogP contribution in [0.4, 0.5) is 20.6 Å². The zero-order valence-corrected chi connectivity index (χ0v) is 24.0. The van der Waals surface area contributed by atoms with Crippen LogP contribution < -0.4 is 39.2 Å². The maximum Gasteiger partial charge on any atom is 1.00 e. The fourth-order valence-electron chi connectivity index (χ4n) is 5.65. The molecule has 0 bridgehead atoms. The molecule has 2 aromatic rings. The number of aryl methyl sites for hydroxylation is 3. The van der Waals surface area contributed by atoms with Crippen molar-refractivity contribution in [3.05, 3.63) is 45.4 Å².